The lowest BCUT2D eigenvalue weighted by atomic mass is 10.0. The van der Waals surface area contributed by atoms with Crippen molar-refractivity contribution in [3.8, 4) is 0 Å². The van der Waals surface area contributed by atoms with Gasteiger partial charge in [0.25, 0.3) is 0 Å². The highest BCUT2D eigenvalue weighted by Crippen LogP contribution is 2.28. The second kappa shape index (κ2) is 10.2. The van der Waals surface area contributed by atoms with Gasteiger partial charge < -0.3 is 10.2 Å². The molecule has 1 aromatic heterocycles. The summed E-state index contributed by atoms with van der Waals surface area (Å²) in [5.41, 5.74) is 1.31. The molecule has 0 saturated carbocycles. The van der Waals surface area contributed by atoms with Crippen LogP contribution >= 0.6 is 11.3 Å². The van der Waals surface area contributed by atoms with E-state index in [0.29, 0.717) is 0 Å². The predicted octanol–water partition coefficient (Wildman–Crippen LogP) is 4.47. The van der Waals surface area contributed by atoms with E-state index in [-0.39, 0.29) is 0 Å². The zero-order chi connectivity index (χ0) is 15.7. The second-order valence-corrected chi connectivity index (χ2v) is 6.68. The van der Waals surface area contributed by atoms with Crippen LogP contribution < -0.4 is 10.2 Å². The number of thiazole rings is 1. The molecule has 0 fully saturated rings. The summed E-state index contributed by atoms with van der Waals surface area (Å²) in [6, 6.07) is 0. The number of aromatic nitrogens is 1. The summed E-state index contributed by atoms with van der Waals surface area (Å²) in [6.45, 7) is 15.4. The Labute approximate surface area is 135 Å². The van der Waals surface area contributed by atoms with Crippen LogP contribution in [0.5, 0.6) is 0 Å². The molecule has 3 nitrogen and oxygen atoms in total. The van der Waals surface area contributed by atoms with Crippen LogP contribution in [0.2, 0.25) is 0 Å². The SMILES string of the molecule is CCCc1nc(N(CC)CC(CC)CC)sc1CNCC. The molecule has 1 heterocycles. The van der Waals surface area contributed by atoms with E-state index in [1.165, 1.54) is 35.0 Å². The molecule has 122 valence electrons. The minimum atomic E-state index is 0.778. The monoisotopic (exact) mass is 311 g/mol. The van der Waals surface area contributed by atoms with Gasteiger partial charge in [-0.2, -0.15) is 0 Å². The molecule has 4 heteroatoms. The van der Waals surface area contributed by atoms with E-state index in [1.807, 2.05) is 11.3 Å². The van der Waals surface area contributed by atoms with Gasteiger partial charge in [0.1, 0.15) is 0 Å². The van der Waals surface area contributed by atoms with E-state index >= 15 is 0 Å². The third kappa shape index (κ3) is 5.59. The van der Waals surface area contributed by atoms with Crippen LogP contribution in [-0.4, -0.2) is 24.6 Å². The molecule has 0 aromatic carbocycles. The zero-order valence-corrected chi connectivity index (χ0v) is 15.4. The molecular weight excluding hydrogens is 278 g/mol. The van der Waals surface area contributed by atoms with Gasteiger partial charge in [0, 0.05) is 24.5 Å². The van der Waals surface area contributed by atoms with Crippen molar-refractivity contribution in [3.63, 3.8) is 0 Å². The summed E-state index contributed by atoms with van der Waals surface area (Å²) in [5.74, 6) is 0.778. The Morgan fingerprint density at radius 1 is 1.14 bits per heavy atom. The van der Waals surface area contributed by atoms with Crippen molar-refractivity contribution in [2.75, 3.05) is 24.5 Å². The molecule has 1 N–H and O–H groups in total. The van der Waals surface area contributed by atoms with Crippen LogP contribution in [0.1, 0.15) is 64.5 Å². The molecule has 0 bridgehead atoms. The van der Waals surface area contributed by atoms with E-state index in [1.54, 1.807) is 0 Å². The Hall–Kier alpha value is -0.610. The summed E-state index contributed by atoms with van der Waals surface area (Å²) in [4.78, 5) is 8.85. The van der Waals surface area contributed by atoms with Crippen molar-refractivity contribution in [2.24, 2.45) is 5.92 Å². The Bertz CT molecular complexity index is 385. The lowest BCUT2D eigenvalue weighted by molar-refractivity contribution is 0.485. The fourth-order valence-corrected chi connectivity index (χ4v) is 3.66. The van der Waals surface area contributed by atoms with Crippen molar-refractivity contribution < 1.29 is 0 Å². The van der Waals surface area contributed by atoms with E-state index in [4.69, 9.17) is 4.98 Å². The first kappa shape index (κ1) is 18.4. The molecule has 0 aliphatic carbocycles. The van der Waals surface area contributed by atoms with Gasteiger partial charge in [-0.25, -0.2) is 4.98 Å². The maximum absolute atomic E-state index is 4.95. The maximum Gasteiger partial charge on any atom is 0.185 e. The molecule has 0 atom stereocenters. The highest BCUT2D eigenvalue weighted by molar-refractivity contribution is 7.15. The van der Waals surface area contributed by atoms with Crippen molar-refractivity contribution in [1.29, 1.82) is 0 Å². The summed E-state index contributed by atoms with van der Waals surface area (Å²) in [6.07, 6.45) is 4.77. The molecule has 0 spiro atoms. The first-order chi connectivity index (χ1) is 10.2. The van der Waals surface area contributed by atoms with Crippen LogP contribution in [0.15, 0.2) is 0 Å². The average Bonchev–Trinajstić information content (AvgIpc) is 2.90. The number of nitrogens with zero attached hydrogens (tertiary/aromatic N) is 2. The van der Waals surface area contributed by atoms with Gasteiger partial charge >= 0.3 is 0 Å². The molecular formula is C17H33N3S. The number of hydrogen-bond donors (Lipinski definition) is 1. The van der Waals surface area contributed by atoms with Crippen LogP contribution in [0.4, 0.5) is 5.13 Å². The lowest BCUT2D eigenvalue weighted by Crippen LogP contribution is -2.28. The highest BCUT2D eigenvalue weighted by atomic mass is 32.1. The number of anilines is 1. The van der Waals surface area contributed by atoms with Gasteiger partial charge in [-0.15, -0.1) is 11.3 Å². The van der Waals surface area contributed by atoms with Gasteiger partial charge in [0.15, 0.2) is 5.13 Å². The fraction of sp³-hybridized carbons (Fsp3) is 0.824. The van der Waals surface area contributed by atoms with Crippen molar-refractivity contribution >= 4 is 16.5 Å². The number of rotatable bonds is 11. The van der Waals surface area contributed by atoms with Gasteiger partial charge in [-0.1, -0.05) is 47.0 Å². The largest absolute Gasteiger partial charge is 0.348 e. The van der Waals surface area contributed by atoms with E-state index in [2.05, 4.69) is 44.8 Å². The summed E-state index contributed by atoms with van der Waals surface area (Å²) < 4.78 is 0. The van der Waals surface area contributed by atoms with Gasteiger partial charge in [0.2, 0.25) is 0 Å². The lowest BCUT2D eigenvalue weighted by Gasteiger charge is -2.24. The smallest absolute Gasteiger partial charge is 0.185 e. The van der Waals surface area contributed by atoms with Crippen molar-refractivity contribution in [2.45, 2.75) is 66.8 Å². The predicted molar refractivity (Wildman–Crippen MR) is 95.4 cm³/mol. The minimum Gasteiger partial charge on any atom is -0.348 e. The first-order valence-electron chi connectivity index (χ1n) is 8.64. The van der Waals surface area contributed by atoms with Gasteiger partial charge in [-0.05, 0) is 25.8 Å². The molecule has 21 heavy (non-hydrogen) atoms. The number of nitrogens with one attached hydrogen (secondary N) is 1. The third-order valence-electron chi connectivity index (χ3n) is 4.07. The highest BCUT2D eigenvalue weighted by Gasteiger charge is 2.17. The molecule has 0 aliphatic rings. The fourth-order valence-electron chi connectivity index (χ4n) is 2.51. The van der Waals surface area contributed by atoms with Crippen LogP contribution in [-0.2, 0) is 13.0 Å². The normalized spacial score (nSPS) is 11.3. The summed E-state index contributed by atoms with van der Waals surface area (Å²) >= 11 is 1.89. The van der Waals surface area contributed by atoms with E-state index in [9.17, 15) is 0 Å². The molecule has 1 rings (SSSR count). The topological polar surface area (TPSA) is 28.2 Å². The molecule has 0 unspecified atom stereocenters. The summed E-state index contributed by atoms with van der Waals surface area (Å²) in [7, 11) is 0. The van der Waals surface area contributed by atoms with Crippen molar-refractivity contribution in [1.82, 2.24) is 10.3 Å². The molecule has 0 aliphatic heterocycles. The Morgan fingerprint density at radius 3 is 2.38 bits per heavy atom. The standard InChI is InChI=1S/C17H33N3S/c1-6-11-15-16(12-18-9-4)21-17(19-15)20(10-5)13-14(7-2)8-3/h14,18H,6-13H2,1-5H3. The maximum atomic E-state index is 4.95. The van der Waals surface area contributed by atoms with Crippen molar-refractivity contribution in [3.05, 3.63) is 10.6 Å². The molecule has 1 aromatic rings. The quantitative estimate of drug-likeness (QED) is 0.653. The van der Waals surface area contributed by atoms with Crippen LogP contribution in [0, 0.1) is 5.92 Å². The van der Waals surface area contributed by atoms with Crippen LogP contribution in [0.3, 0.4) is 0 Å². The Balaban J connectivity index is 2.87. The molecule has 0 saturated heterocycles. The zero-order valence-electron chi connectivity index (χ0n) is 14.5. The molecule has 0 amide bonds. The number of aryl methyl sites for hydroxylation is 1. The first-order valence-corrected chi connectivity index (χ1v) is 9.45. The van der Waals surface area contributed by atoms with E-state index < -0.39 is 0 Å². The number of hydrogen-bond acceptors (Lipinski definition) is 4. The summed E-state index contributed by atoms with van der Waals surface area (Å²) in [5, 5.41) is 4.67. The molecule has 0 radical (unpaired) electrons. The minimum absolute atomic E-state index is 0.778. The van der Waals surface area contributed by atoms with Gasteiger partial charge in [-0.3, -0.25) is 0 Å². The Kier molecular flexibility index (Phi) is 8.93. The average molecular weight is 312 g/mol. The van der Waals surface area contributed by atoms with E-state index in [0.717, 1.165) is 38.5 Å². The third-order valence-corrected chi connectivity index (χ3v) is 5.23. The van der Waals surface area contributed by atoms with Crippen LogP contribution in [0.25, 0.3) is 0 Å². The second-order valence-electron chi connectivity index (χ2n) is 5.62. The Morgan fingerprint density at radius 2 is 1.86 bits per heavy atom. The van der Waals surface area contributed by atoms with Gasteiger partial charge in [0.05, 0.1) is 5.69 Å².